The van der Waals surface area contributed by atoms with E-state index in [4.69, 9.17) is 14.0 Å². The van der Waals surface area contributed by atoms with Crippen molar-refractivity contribution in [2.75, 3.05) is 11.3 Å². The lowest BCUT2D eigenvalue weighted by molar-refractivity contribution is 0.00578. The van der Waals surface area contributed by atoms with Gasteiger partial charge in [0, 0.05) is 11.2 Å². The van der Waals surface area contributed by atoms with Crippen LogP contribution in [0.4, 0.5) is 5.69 Å². The zero-order valence-electron chi connectivity index (χ0n) is 19.2. The molecule has 1 saturated carbocycles. The van der Waals surface area contributed by atoms with Gasteiger partial charge in [-0.3, -0.25) is 4.72 Å². The van der Waals surface area contributed by atoms with Crippen LogP contribution in [0.1, 0.15) is 73.6 Å². The minimum Gasteiger partial charge on any atom is -0.494 e. The normalized spacial score (nSPS) is 21.8. The van der Waals surface area contributed by atoms with Crippen molar-refractivity contribution in [3.8, 4) is 5.75 Å². The Morgan fingerprint density at radius 3 is 2.27 bits per heavy atom. The van der Waals surface area contributed by atoms with E-state index < -0.39 is 33.6 Å². The molecule has 30 heavy (non-hydrogen) atoms. The maximum Gasteiger partial charge on any atom is 0.498 e. The van der Waals surface area contributed by atoms with Crippen LogP contribution in [0.3, 0.4) is 0 Å². The van der Waals surface area contributed by atoms with E-state index in [1.807, 2.05) is 33.8 Å². The van der Waals surface area contributed by atoms with E-state index in [9.17, 15) is 8.42 Å². The van der Waals surface area contributed by atoms with Gasteiger partial charge in [0.1, 0.15) is 5.75 Å². The van der Waals surface area contributed by atoms with E-state index >= 15 is 0 Å². The van der Waals surface area contributed by atoms with Gasteiger partial charge in [0.2, 0.25) is 10.0 Å². The summed E-state index contributed by atoms with van der Waals surface area (Å²) in [6.07, 6.45) is 6.21. The number of rotatable bonds is 7. The summed E-state index contributed by atoms with van der Waals surface area (Å²) in [5.74, 6) is 1.25. The molecule has 1 aliphatic heterocycles. The molecule has 0 atom stereocenters. The molecule has 1 aliphatic carbocycles. The first-order valence-corrected chi connectivity index (χ1v) is 12.6. The van der Waals surface area contributed by atoms with E-state index in [-0.39, 0.29) is 0 Å². The summed E-state index contributed by atoms with van der Waals surface area (Å²) in [5, 5.41) is -0.528. The second-order valence-corrected chi connectivity index (χ2v) is 12.1. The predicted octanol–water partition coefficient (Wildman–Crippen LogP) is 4.10. The molecule has 1 N–H and O–H groups in total. The van der Waals surface area contributed by atoms with E-state index in [0.717, 1.165) is 0 Å². The molecule has 2 fully saturated rings. The molecule has 0 amide bonds. The smallest absolute Gasteiger partial charge is 0.494 e. The fourth-order valence-electron chi connectivity index (χ4n) is 3.74. The van der Waals surface area contributed by atoms with Gasteiger partial charge in [0.15, 0.2) is 0 Å². The Labute approximate surface area is 182 Å². The van der Waals surface area contributed by atoms with Crippen LogP contribution < -0.4 is 14.9 Å². The second kappa shape index (κ2) is 8.71. The lowest BCUT2D eigenvalue weighted by Gasteiger charge is -2.32. The van der Waals surface area contributed by atoms with Gasteiger partial charge >= 0.3 is 7.12 Å². The van der Waals surface area contributed by atoms with E-state index in [2.05, 4.69) is 4.72 Å². The average Bonchev–Trinajstić information content (AvgIpc) is 2.88. The van der Waals surface area contributed by atoms with Crippen LogP contribution in [-0.4, -0.2) is 38.6 Å². The first-order chi connectivity index (χ1) is 13.9. The maximum atomic E-state index is 12.4. The summed E-state index contributed by atoms with van der Waals surface area (Å²) >= 11 is 0. The third-order valence-electron chi connectivity index (χ3n) is 6.60. The third kappa shape index (κ3) is 5.14. The average molecular weight is 437 g/mol. The van der Waals surface area contributed by atoms with E-state index in [0.29, 0.717) is 29.4 Å². The van der Waals surface area contributed by atoms with Crippen molar-refractivity contribution in [3.63, 3.8) is 0 Å². The van der Waals surface area contributed by atoms with Gasteiger partial charge < -0.3 is 14.0 Å². The molecule has 3 rings (SSSR count). The molecule has 2 aliphatic rings. The molecule has 0 unspecified atom stereocenters. The van der Waals surface area contributed by atoms with Gasteiger partial charge in [0.05, 0.1) is 23.1 Å². The van der Waals surface area contributed by atoms with Crippen molar-refractivity contribution in [3.05, 3.63) is 18.2 Å². The van der Waals surface area contributed by atoms with Gasteiger partial charge in [-0.1, -0.05) is 19.3 Å². The fraction of sp³-hybridized carbons (Fsp3) is 0.727. The quantitative estimate of drug-likeness (QED) is 0.651. The molecule has 1 heterocycles. The lowest BCUT2D eigenvalue weighted by atomic mass is 9.78. The summed E-state index contributed by atoms with van der Waals surface area (Å²) in [6, 6.07) is 5.34. The number of sulfonamides is 1. The number of hydrogen-bond donors (Lipinski definition) is 1. The largest absolute Gasteiger partial charge is 0.498 e. The molecule has 0 aromatic heterocycles. The number of benzene rings is 1. The van der Waals surface area contributed by atoms with Crippen LogP contribution in [0, 0.1) is 5.92 Å². The molecule has 0 bridgehead atoms. The Morgan fingerprint density at radius 2 is 1.70 bits per heavy atom. The predicted molar refractivity (Wildman–Crippen MR) is 122 cm³/mol. The van der Waals surface area contributed by atoms with Crippen LogP contribution >= 0.6 is 0 Å². The standard InChI is InChI=1S/C22H36BNO5S/c1-16(2)30(25,26)24-18-12-13-20(27-15-17-10-8-7-9-11-17)19(14-18)23-28-21(3,4)22(5,6)29-23/h12-14,16-17,24H,7-11,15H2,1-6H3. The van der Waals surface area contributed by atoms with Gasteiger partial charge in [-0.25, -0.2) is 8.42 Å². The monoisotopic (exact) mass is 437 g/mol. The summed E-state index contributed by atoms with van der Waals surface area (Å²) in [6.45, 7) is 12.0. The molecule has 0 spiro atoms. The van der Waals surface area contributed by atoms with Crippen LogP contribution in [0.5, 0.6) is 5.75 Å². The fourth-order valence-corrected chi connectivity index (χ4v) is 4.43. The molecule has 1 aromatic rings. The molecule has 168 valence electrons. The Bertz CT molecular complexity index is 831. The first-order valence-electron chi connectivity index (χ1n) is 11.1. The molecule has 0 radical (unpaired) electrons. The number of anilines is 1. The Morgan fingerprint density at radius 1 is 1.10 bits per heavy atom. The number of nitrogens with one attached hydrogen (secondary N) is 1. The second-order valence-electron chi connectivity index (χ2n) is 9.85. The van der Waals surface area contributed by atoms with Crippen LogP contribution in [0.25, 0.3) is 0 Å². The lowest BCUT2D eigenvalue weighted by Crippen LogP contribution is -2.41. The van der Waals surface area contributed by atoms with E-state index in [1.165, 1.54) is 32.1 Å². The van der Waals surface area contributed by atoms with Crippen molar-refractivity contribution >= 4 is 28.3 Å². The van der Waals surface area contributed by atoms with Gasteiger partial charge in [0.25, 0.3) is 0 Å². The maximum absolute atomic E-state index is 12.4. The van der Waals surface area contributed by atoms with Crippen molar-refractivity contribution in [2.24, 2.45) is 5.92 Å². The summed E-state index contributed by atoms with van der Waals surface area (Å²) in [5.41, 5.74) is 0.212. The van der Waals surface area contributed by atoms with Crippen LogP contribution in [0.15, 0.2) is 18.2 Å². The van der Waals surface area contributed by atoms with Crippen molar-refractivity contribution in [1.29, 1.82) is 0 Å². The highest BCUT2D eigenvalue weighted by atomic mass is 32.2. The van der Waals surface area contributed by atoms with Crippen molar-refractivity contribution in [1.82, 2.24) is 0 Å². The Balaban J connectivity index is 1.87. The molecule has 1 aromatic carbocycles. The molecule has 1 saturated heterocycles. The Hall–Kier alpha value is -1.25. The van der Waals surface area contributed by atoms with Gasteiger partial charge in [-0.15, -0.1) is 0 Å². The Kier molecular flexibility index (Phi) is 6.80. The summed E-state index contributed by atoms with van der Waals surface area (Å²) in [4.78, 5) is 0. The van der Waals surface area contributed by atoms with Crippen molar-refractivity contribution in [2.45, 2.75) is 90.1 Å². The first kappa shape index (κ1) is 23.4. The number of ether oxygens (including phenoxy) is 1. The minimum atomic E-state index is -3.45. The zero-order valence-corrected chi connectivity index (χ0v) is 20.0. The summed E-state index contributed by atoms with van der Waals surface area (Å²) < 4.78 is 46.1. The topological polar surface area (TPSA) is 73.9 Å². The van der Waals surface area contributed by atoms with Crippen LogP contribution in [-0.2, 0) is 19.3 Å². The molecule has 8 heteroatoms. The molecular formula is C22H36BNO5S. The highest BCUT2D eigenvalue weighted by molar-refractivity contribution is 7.93. The zero-order chi connectivity index (χ0) is 22.2. The number of hydrogen-bond acceptors (Lipinski definition) is 5. The SMILES string of the molecule is CC(C)S(=O)(=O)Nc1ccc(OCC2CCCCC2)c(B2OC(C)(C)C(C)(C)O2)c1. The summed E-state index contributed by atoms with van der Waals surface area (Å²) in [7, 11) is -4.08. The van der Waals surface area contributed by atoms with Gasteiger partial charge in [-0.05, 0) is 78.5 Å². The van der Waals surface area contributed by atoms with Crippen molar-refractivity contribution < 1.29 is 22.5 Å². The van der Waals surface area contributed by atoms with Gasteiger partial charge in [-0.2, -0.15) is 0 Å². The van der Waals surface area contributed by atoms with Crippen LogP contribution in [0.2, 0.25) is 0 Å². The third-order valence-corrected chi connectivity index (χ3v) is 8.36. The molecular weight excluding hydrogens is 401 g/mol. The highest BCUT2D eigenvalue weighted by Crippen LogP contribution is 2.37. The highest BCUT2D eigenvalue weighted by Gasteiger charge is 2.52. The minimum absolute atomic E-state index is 0.485. The van der Waals surface area contributed by atoms with E-state index in [1.54, 1.807) is 26.0 Å². The molecule has 6 nitrogen and oxygen atoms in total.